The van der Waals surface area contributed by atoms with Crippen molar-refractivity contribution in [1.29, 1.82) is 5.26 Å². The molecule has 1 amide bonds. The van der Waals surface area contributed by atoms with E-state index in [9.17, 15) is 10.1 Å². The number of amides is 1. The second-order valence-corrected chi connectivity index (χ2v) is 8.64. The van der Waals surface area contributed by atoms with Crippen LogP contribution >= 0.6 is 15.9 Å². The third-order valence-electron chi connectivity index (χ3n) is 4.99. The minimum Gasteiger partial charge on any atom is -0.490 e. The summed E-state index contributed by atoms with van der Waals surface area (Å²) in [6.07, 6.45) is 3.13. The van der Waals surface area contributed by atoms with Gasteiger partial charge in [0.05, 0.1) is 11.1 Å². The van der Waals surface area contributed by atoms with E-state index in [0.717, 1.165) is 5.56 Å². The van der Waals surface area contributed by atoms with Gasteiger partial charge in [0.25, 0.3) is 5.91 Å². The van der Waals surface area contributed by atoms with Crippen LogP contribution in [0.2, 0.25) is 0 Å². The number of carbonyl (C=O) groups is 1. The first-order valence-electron chi connectivity index (χ1n) is 11.3. The van der Waals surface area contributed by atoms with Gasteiger partial charge < -0.3 is 19.5 Å². The number of anilines is 1. The van der Waals surface area contributed by atoms with E-state index in [4.69, 9.17) is 14.2 Å². The van der Waals surface area contributed by atoms with Gasteiger partial charge in [-0.15, -0.1) is 0 Å². The van der Waals surface area contributed by atoms with Gasteiger partial charge in [0.2, 0.25) is 0 Å². The molecule has 0 aliphatic heterocycles. The fourth-order valence-electron chi connectivity index (χ4n) is 3.22. The monoisotopic (exact) mass is 546 g/mol. The molecule has 36 heavy (non-hydrogen) atoms. The Balaban J connectivity index is 1.69. The van der Waals surface area contributed by atoms with Crippen LogP contribution in [0.5, 0.6) is 17.2 Å². The predicted octanol–water partition coefficient (Wildman–Crippen LogP) is 6.85. The van der Waals surface area contributed by atoms with Gasteiger partial charge in [-0.25, -0.2) is 0 Å². The van der Waals surface area contributed by atoms with E-state index in [1.807, 2.05) is 44.2 Å². The summed E-state index contributed by atoms with van der Waals surface area (Å²) in [6, 6.07) is 20.6. The molecule has 3 aromatic carbocycles. The molecule has 0 fully saturated rings. The number of benzene rings is 3. The third kappa shape index (κ3) is 7.49. The molecule has 0 saturated carbocycles. The number of rotatable bonds is 11. The Morgan fingerprint density at radius 3 is 2.44 bits per heavy atom. The van der Waals surface area contributed by atoms with E-state index in [2.05, 4.69) is 27.8 Å². The molecule has 7 heteroatoms. The van der Waals surface area contributed by atoms with Crippen molar-refractivity contribution >= 4 is 33.6 Å². The highest BCUT2D eigenvalue weighted by molar-refractivity contribution is 9.10. The number of carbonyl (C=O) groups excluding carboxylic acids is 1. The van der Waals surface area contributed by atoms with Crippen molar-refractivity contribution in [3.05, 3.63) is 100 Å². The fourth-order valence-corrected chi connectivity index (χ4v) is 3.79. The second kappa shape index (κ2) is 13.2. The van der Waals surface area contributed by atoms with Crippen molar-refractivity contribution < 1.29 is 19.0 Å². The number of ether oxygens (including phenoxy) is 3. The Morgan fingerprint density at radius 2 is 1.81 bits per heavy atom. The number of hydrogen-bond donors (Lipinski definition) is 1. The lowest BCUT2D eigenvalue weighted by Gasteiger charge is -2.14. The highest BCUT2D eigenvalue weighted by Gasteiger charge is 2.14. The van der Waals surface area contributed by atoms with Crippen molar-refractivity contribution in [2.45, 2.75) is 20.5 Å². The topological polar surface area (TPSA) is 80.6 Å². The van der Waals surface area contributed by atoms with Gasteiger partial charge in [-0.3, -0.25) is 4.79 Å². The molecular weight excluding hydrogens is 520 g/mol. The zero-order valence-corrected chi connectivity index (χ0v) is 21.8. The smallest absolute Gasteiger partial charge is 0.266 e. The lowest BCUT2D eigenvalue weighted by molar-refractivity contribution is -0.112. The van der Waals surface area contributed by atoms with Crippen molar-refractivity contribution in [1.82, 2.24) is 0 Å². The Hall–Kier alpha value is -4.02. The number of nitriles is 1. The normalized spacial score (nSPS) is 10.8. The zero-order valence-electron chi connectivity index (χ0n) is 20.2. The average molecular weight is 547 g/mol. The van der Waals surface area contributed by atoms with Crippen LogP contribution in [0.1, 0.15) is 23.6 Å². The molecule has 3 aromatic rings. The standard InChI is InChI=1S/C29H27BrN2O4/c1-4-14-35-28-26(30)16-22(17-27(28)34-5-2)15-23(18-31)29(33)32-24-10-12-25(13-11-24)36-19-21-8-6-20(3)7-9-21/h4,6-13,15-17H,1,5,14,19H2,2-3H3,(H,32,33)/b23-15+. The summed E-state index contributed by atoms with van der Waals surface area (Å²) in [5.41, 5.74) is 3.38. The van der Waals surface area contributed by atoms with Crippen molar-refractivity contribution in [2.24, 2.45) is 0 Å². The maximum atomic E-state index is 12.8. The van der Waals surface area contributed by atoms with Gasteiger partial charge in [0.15, 0.2) is 11.5 Å². The summed E-state index contributed by atoms with van der Waals surface area (Å²) in [4.78, 5) is 12.8. The maximum Gasteiger partial charge on any atom is 0.266 e. The Morgan fingerprint density at radius 1 is 1.08 bits per heavy atom. The van der Waals surface area contributed by atoms with Gasteiger partial charge in [-0.1, -0.05) is 42.5 Å². The number of hydrogen-bond acceptors (Lipinski definition) is 5. The van der Waals surface area contributed by atoms with Crippen molar-refractivity contribution in [3.63, 3.8) is 0 Å². The SMILES string of the molecule is C=CCOc1c(Br)cc(/C=C(\C#N)C(=O)Nc2ccc(OCc3ccc(C)cc3)cc2)cc1OCC. The Bertz CT molecular complexity index is 1280. The minimum atomic E-state index is -0.521. The van der Waals surface area contributed by atoms with Gasteiger partial charge in [-0.05, 0) is 83.4 Å². The first-order chi connectivity index (χ1) is 17.4. The first kappa shape index (κ1) is 26.6. The summed E-state index contributed by atoms with van der Waals surface area (Å²) in [5, 5.41) is 12.4. The van der Waals surface area contributed by atoms with E-state index >= 15 is 0 Å². The van der Waals surface area contributed by atoms with Gasteiger partial charge in [-0.2, -0.15) is 5.26 Å². The predicted molar refractivity (Wildman–Crippen MR) is 145 cm³/mol. The minimum absolute atomic E-state index is 0.0520. The van der Waals surface area contributed by atoms with E-state index in [-0.39, 0.29) is 5.57 Å². The Labute approximate surface area is 219 Å². The number of aryl methyl sites for hydroxylation is 1. The molecule has 6 nitrogen and oxygen atoms in total. The molecule has 1 N–H and O–H groups in total. The van der Waals surface area contributed by atoms with Crippen LogP contribution in [0.3, 0.4) is 0 Å². The van der Waals surface area contributed by atoms with E-state index in [0.29, 0.717) is 52.8 Å². The van der Waals surface area contributed by atoms with Gasteiger partial charge in [0.1, 0.15) is 30.6 Å². The van der Waals surface area contributed by atoms with Crippen LogP contribution in [0.4, 0.5) is 5.69 Å². The molecule has 0 atom stereocenters. The van der Waals surface area contributed by atoms with Crippen molar-refractivity contribution in [2.75, 3.05) is 18.5 Å². The zero-order chi connectivity index (χ0) is 25.9. The molecule has 0 spiro atoms. The first-order valence-corrected chi connectivity index (χ1v) is 12.1. The number of halogens is 1. The Kier molecular flexibility index (Phi) is 9.73. The number of nitrogens with one attached hydrogen (secondary N) is 1. The molecule has 0 aromatic heterocycles. The van der Waals surface area contributed by atoms with E-state index < -0.39 is 5.91 Å². The fraction of sp³-hybridized carbons (Fsp3) is 0.172. The largest absolute Gasteiger partial charge is 0.490 e. The molecule has 184 valence electrons. The van der Waals surface area contributed by atoms with Crippen LogP contribution in [0.15, 0.2) is 83.4 Å². The highest BCUT2D eigenvalue weighted by Crippen LogP contribution is 2.37. The molecular formula is C29H27BrN2O4. The molecule has 0 aliphatic rings. The quantitative estimate of drug-likeness (QED) is 0.161. The summed E-state index contributed by atoms with van der Waals surface area (Å²) < 4.78 is 17.8. The summed E-state index contributed by atoms with van der Waals surface area (Å²) in [6.45, 7) is 8.75. The van der Waals surface area contributed by atoms with Crippen LogP contribution < -0.4 is 19.5 Å². The lowest BCUT2D eigenvalue weighted by atomic mass is 10.1. The lowest BCUT2D eigenvalue weighted by Crippen LogP contribution is -2.13. The van der Waals surface area contributed by atoms with Crippen LogP contribution in [0.25, 0.3) is 6.08 Å². The maximum absolute atomic E-state index is 12.8. The molecule has 0 aliphatic carbocycles. The van der Waals surface area contributed by atoms with Gasteiger partial charge >= 0.3 is 0 Å². The summed E-state index contributed by atoms with van der Waals surface area (Å²) in [7, 11) is 0. The molecule has 0 radical (unpaired) electrons. The summed E-state index contributed by atoms with van der Waals surface area (Å²) in [5.74, 6) is 1.18. The molecule has 3 rings (SSSR count). The van der Waals surface area contributed by atoms with Crippen LogP contribution in [0, 0.1) is 18.3 Å². The number of nitrogens with zero attached hydrogens (tertiary/aromatic N) is 1. The molecule has 0 bridgehead atoms. The average Bonchev–Trinajstić information content (AvgIpc) is 2.87. The molecule has 0 saturated heterocycles. The summed E-state index contributed by atoms with van der Waals surface area (Å²) >= 11 is 3.47. The molecule has 0 heterocycles. The third-order valence-corrected chi connectivity index (χ3v) is 5.58. The van der Waals surface area contributed by atoms with Crippen molar-refractivity contribution in [3.8, 4) is 23.3 Å². The highest BCUT2D eigenvalue weighted by atomic mass is 79.9. The van der Waals surface area contributed by atoms with E-state index in [1.54, 1.807) is 42.5 Å². The van der Waals surface area contributed by atoms with Crippen LogP contribution in [-0.4, -0.2) is 19.1 Å². The van der Waals surface area contributed by atoms with Gasteiger partial charge in [0, 0.05) is 5.69 Å². The van der Waals surface area contributed by atoms with Crippen LogP contribution in [-0.2, 0) is 11.4 Å². The van der Waals surface area contributed by atoms with E-state index in [1.165, 1.54) is 11.6 Å². The second-order valence-electron chi connectivity index (χ2n) is 7.79. The molecule has 0 unspecified atom stereocenters.